The standard InChI is InChI=1S/C26H40FN/c1-8-11-12-13-14-15-16-24(20-26(21(4)5)28-19-9-2)23(7)22(6)17-18-25(27)10-3/h10,14-15,17-21,26H,6-9,11-13,16H2,1-5H3/b15-14+,18-17-,24-20?,25-10+,28-19?. The summed E-state index contributed by atoms with van der Waals surface area (Å²) >= 11 is 0. The van der Waals surface area contributed by atoms with E-state index in [-0.39, 0.29) is 11.9 Å². The summed E-state index contributed by atoms with van der Waals surface area (Å²) in [5.41, 5.74) is 2.68. The lowest BCUT2D eigenvalue weighted by Gasteiger charge is -2.17. The molecule has 0 rings (SSSR count). The molecule has 0 spiro atoms. The third-order valence-corrected chi connectivity index (χ3v) is 4.49. The highest BCUT2D eigenvalue weighted by molar-refractivity contribution is 5.57. The van der Waals surface area contributed by atoms with Crippen LogP contribution in [0.3, 0.4) is 0 Å². The van der Waals surface area contributed by atoms with Gasteiger partial charge in [0.2, 0.25) is 0 Å². The van der Waals surface area contributed by atoms with Gasteiger partial charge in [-0.25, -0.2) is 4.39 Å². The lowest BCUT2D eigenvalue weighted by atomic mass is 9.92. The molecule has 0 aromatic heterocycles. The van der Waals surface area contributed by atoms with Crippen molar-refractivity contribution in [3.63, 3.8) is 0 Å². The molecule has 0 fully saturated rings. The Hall–Kier alpha value is -1.96. The summed E-state index contributed by atoms with van der Waals surface area (Å²) in [4.78, 5) is 4.70. The molecule has 0 aromatic rings. The number of halogens is 1. The van der Waals surface area contributed by atoms with Crippen molar-refractivity contribution < 1.29 is 4.39 Å². The smallest absolute Gasteiger partial charge is 0.118 e. The van der Waals surface area contributed by atoms with E-state index in [1.54, 1.807) is 13.0 Å². The highest BCUT2D eigenvalue weighted by Crippen LogP contribution is 2.24. The maximum Gasteiger partial charge on any atom is 0.118 e. The van der Waals surface area contributed by atoms with Crippen molar-refractivity contribution in [3.05, 3.63) is 72.2 Å². The molecule has 0 radical (unpaired) electrons. The number of aliphatic imine (C=N–C) groups is 1. The minimum Gasteiger partial charge on any atom is -0.290 e. The van der Waals surface area contributed by atoms with Crippen LogP contribution in [0.5, 0.6) is 0 Å². The number of nitrogens with zero attached hydrogens (tertiary/aromatic N) is 1. The average molecular weight is 386 g/mol. The van der Waals surface area contributed by atoms with Gasteiger partial charge in [0.25, 0.3) is 0 Å². The van der Waals surface area contributed by atoms with Gasteiger partial charge < -0.3 is 0 Å². The molecule has 1 nitrogen and oxygen atoms in total. The highest BCUT2D eigenvalue weighted by atomic mass is 19.1. The molecule has 0 N–H and O–H groups in total. The third kappa shape index (κ3) is 11.7. The second-order valence-corrected chi connectivity index (χ2v) is 7.35. The zero-order valence-electron chi connectivity index (χ0n) is 18.7. The molecule has 0 aliphatic heterocycles. The maximum absolute atomic E-state index is 13.4. The molecule has 2 heteroatoms. The Balaban J connectivity index is 5.48. The Labute approximate surface area is 173 Å². The molecule has 1 atom stereocenters. The molecule has 0 aliphatic rings. The first-order valence-corrected chi connectivity index (χ1v) is 10.6. The van der Waals surface area contributed by atoms with Crippen molar-refractivity contribution in [3.8, 4) is 0 Å². The summed E-state index contributed by atoms with van der Waals surface area (Å²) in [6, 6.07) is 0.101. The SMILES string of the molecule is C=C(/C=C\C(F)=C/C)C(=C)C(=CC(N=CCC)C(C)C)C/C=C/CCCCC. The van der Waals surface area contributed by atoms with Gasteiger partial charge in [-0.1, -0.05) is 84.1 Å². The summed E-state index contributed by atoms with van der Waals surface area (Å²) in [5, 5.41) is 0. The summed E-state index contributed by atoms with van der Waals surface area (Å²) in [7, 11) is 0. The topological polar surface area (TPSA) is 12.4 Å². The van der Waals surface area contributed by atoms with Crippen LogP contribution in [0.4, 0.5) is 4.39 Å². The Morgan fingerprint density at radius 1 is 1.07 bits per heavy atom. The van der Waals surface area contributed by atoms with Gasteiger partial charge in [0.1, 0.15) is 5.83 Å². The Morgan fingerprint density at radius 2 is 1.79 bits per heavy atom. The molecule has 0 heterocycles. The number of hydrogen-bond acceptors (Lipinski definition) is 1. The predicted molar refractivity (Wildman–Crippen MR) is 126 cm³/mol. The molecule has 0 aliphatic carbocycles. The van der Waals surface area contributed by atoms with Gasteiger partial charge in [0, 0.05) is 0 Å². The van der Waals surface area contributed by atoms with Gasteiger partial charge >= 0.3 is 0 Å². The van der Waals surface area contributed by atoms with E-state index in [2.05, 4.69) is 59.1 Å². The third-order valence-electron chi connectivity index (χ3n) is 4.49. The van der Waals surface area contributed by atoms with E-state index >= 15 is 0 Å². The van der Waals surface area contributed by atoms with Crippen LogP contribution in [0.2, 0.25) is 0 Å². The fourth-order valence-corrected chi connectivity index (χ4v) is 2.56. The van der Waals surface area contributed by atoms with Crippen molar-refractivity contribution in [2.75, 3.05) is 0 Å². The molecule has 0 saturated heterocycles. The van der Waals surface area contributed by atoms with Crippen LogP contribution in [0.25, 0.3) is 0 Å². The van der Waals surface area contributed by atoms with E-state index in [1.165, 1.54) is 31.4 Å². The molecule has 156 valence electrons. The minimum absolute atomic E-state index is 0.101. The second kappa shape index (κ2) is 16.0. The van der Waals surface area contributed by atoms with Crippen molar-refractivity contribution >= 4 is 6.21 Å². The normalized spacial score (nSPS) is 14.7. The van der Waals surface area contributed by atoms with Crippen LogP contribution in [-0.2, 0) is 0 Å². The lowest BCUT2D eigenvalue weighted by molar-refractivity contribution is 0.571. The van der Waals surface area contributed by atoms with Gasteiger partial charge in [-0.3, -0.25) is 4.99 Å². The summed E-state index contributed by atoms with van der Waals surface area (Å²) in [5.74, 6) is 0.117. The van der Waals surface area contributed by atoms with E-state index in [0.717, 1.165) is 36.0 Å². The first-order valence-electron chi connectivity index (χ1n) is 10.6. The van der Waals surface area contributed by atoms with E-state index in [4.69, 9.17) is 4.99 Å². The van der Waals surface area contributed by atoms with Crippen LogP contribution in [0.1, 0.15) is 73.1 Å². The van der Waals surface area contributed by atoms with E-state index < -0.39 is 0 Å². The van der Waals surface area contributed by atoms with Gasteiger partial charge in [-0.2, -0.15) is 0 Å². The first kappa shape index (κ1) is 26.0. The van der Waals surface area contributed by atoms with Gasteiger partial charge in [-0.05, 0) is 67.5 Å². The number of rotatable bonds is 14. The minimum atomic E-state index is -0.275. The molecule has 0 aromatic carbocycles. The summed E-state index contributed by atoms with van der Waals surface area (Å²) < 4.78 is 13.4. The summed E-state index contributed by atoms with van der Waals surface area (Å²) in [6.45, 7) is 18.6. The maximum atomic E-state index is 13.4. The van der Waals surface area contributed by atoms with Crippen molar-refractivity contribution in [1.29, 1.82) is 0 Å². The molecule has 28 heavy (non-hydrogen) atoms. The summed E-state index contributed by atoms with van der Waals surface area (Å²) in [6.07, 6.45) is 19.7. The second-order valence-electron chi connectivity index (χ2n) is 7.35. The predicted octanol–water partition coefficient (Wildman–Crippen LogP) is 8.49. The van der Waals surface area contributed by atoms with Crippen LogP contribution >= 0.6 is 0 Å². The Morgan fingerprint density at radius 3 is 2.36 bits per heavy atom. The zero-order chi connectivity index (χ0) is 21.4. The van der Waals surface area contributed by atoms with Crippen LogP contribution in [0, 0.1) is 5.92 Å². The monoisotopic (exact) mass is 385 g/mol. The number of unbranched alkanes of at least 4 members (excludes halogenated alkanes) is 3. The average Bonchev–Trinajstić information content (AvgIpc) is 2.68. The fraction of sp³-hybridized carbons (Fsp3) is 0.500. The molecule has 0 bridgehead atoms. The highest BCUT2D eigenvalue weighted by Gasteiger charge is 2.12. The Bertz CT molecular complexity index is 614. The van der Waals surface area contributed by atoms with Gasteiger partial charge in [0.15, 0.2) is 0 Å². The largest absolute Gasteiger partial charge is 0.290 e. The van der Waals surface area contributed by atoms with Crippen LogP contribution < -0.4 is 0 Å². The Kier molecular flexibility index (Phi) is 14.9. The molecular formula is C26H40FN. The van der Waals surface area contributed by atoms with Crippen molar-refractivity contribution in [2.24, 2.45) is 10.9 Å². The molecule has 1 unspecified atom stereocenters. The number of allylic oxidation sites excluding steroid dienone is 9. The lowest BCUT2D eigenvalue weighted by Crippen LogP contribution is -2.11. The van der Waals surface area contributed by atoms with Crippen molar-refractivity contribution in [1.82, 2.24) is 0 Å². The van der Waals surface area contributed by atoms with Gasteiger partial charge in [0.05, 0.1) is 6.04 Å². The van der Waals surface area contributed by atoms with E-state index in [9.17, 15) is 4.39 Å². The van der Waals surface area contributed by atoms with Crippen molar-refractivity contribution in [2.45, 2.75) is 79.2 Å². The quantitative estimate of drug-likeness (QED) is 0.123. The zero-order valence-corrected chi connectivity index (χ0v) is 18.7. The van der Waals surface area contributed by atoms with E-state index in [0.29, 0.717) is 5.92 Å². The fourth-order valence-electron chi connectivity index (χ4n) is 2.56. The molecular weight excluding hydrogens is 345 g/mol. The molecule has 0 amide bonds. The number of hydrogen-bond donors (Lipinski definition) is 0. The first-order chi connectivity index (χ1) is 13.4. The molecule has 0 saturated carbocycles. The van der Waals surface area contributed by atoms with Crippen LogP contribution in [-0.4, -0.2) is 12.3 Å². The van der Waals surface area contributed by atoms with Crippen LogP contribution in [0.15, 0.2) is 77.2 Å². The van der Waals surface area contributed by atoms with E-state index in [1.807, 2.05) is 6.21 Å². The van der Waals surface area contributed by atoms with Gasteiger partial charge in [-0.15, -0.1) is 0 Å².